The maximum Gasteiger partial charge on any atom is 0.107 e. The van der Waals surface area contributed by atoms with E-state index in [0.29, 0.717) is 0 Å². The van der Waals surface area contributed by atoms with Gasteiger partial charge in [0.25, 0.3) is 0 Å². The van der Waals surface area contributed by atoms with Crippen LogP contribution in [0.4, 0.5) is 0 Å². The van der Waals surface area contributed by atoms with Crippen molar-refractivity contribution in [1.29, 1.82) is 0 Å². The first-order chi connectivity index (χ1) is 9.78. The number of nitrogens with one attached hydrogen (secondary N) is 1. The fourth-order valence-electron chi connectivity index (χ4n) is 2.49. The van der Waals surface area contributed by atoms with Crippen LogP contribution in [0.5, 0.6) is 0 Å². The van der Waals surface area contributed by atoms with Gasteiger partial charge in [-0.15, -0.1) is 0 Å². The Morgan fingerprint density at radius 1 is 1.05 bits per heavy atom. The number of hydrogen-bond acceptors (Lipinski definition) is 1. The number of aromatic amines is 1. The molecule has 1 N–H and O–H groups in total. The van der Waals surface area contributed by atoms with Gasteiger partial charge in [0.05, 0.1) is 11.0 Å². The van der Waals surface area contributed by atoms with E-state index in [-0.39, 0.29) is 0 Å². The van der Waals surface area contributed by atoms with Crippen LogP contribution in [-0.2, 0) is 12.8 Å². The Labute approximate surface area is 123 Å². The molecule has 3 rings (SSSR count). The fourth-order valence-corrected chi connectivity index (χ4v) is 2.69. The number of hydrogen-bond donors (Lipinski definition) is 1. The largest absolute Gasteiger partial charge is 0.342 e. The maximum atomic E-state index is 6.25. The smallest absolute Gasteiger partial charge is 0.107 e. The minimum atomic E-state index is 0.813. The van der Waals surface area contributed by atoms with Crippen LogP contribution in [0.3, 0.4) is 0 Å². The van der Waals surface area contributed by atoms with Crippen LogP contribution in [0.25, 0.3) is 11.0 Å². The summed E-state index contributed by atoms with van der Waals surface area (Å²) in [6, 6.07) is 14.3. The zero-order chi connectivity index (χ0) is 13.9. The molecule has 3 heteroatoms. The molecule has 0 saturated carbocycles. The Kier molecular flexibility index (Phi) is 3.75. The van der Waals surface area contributed by atoms with Crippen molar-refractivity contribution in [3.05, 3.63) is 64.4 Å². The highest BCUT2D eigenvalue weighted by atomic mass is 35.5. The van der Waals surface area contributed by atoms with Gasteiger partial charge in [0.1, 0.15) is 5.82 Å². The van der Waals surface area contributed by atoms with E-state index < -0.39 is 0 Å². The van der Waals surface area contributed by atoms with Crippen molar-refractivity contribution >= 4 is 22.6 Å². The maximum absolute atomic E-state index is 6.25. The van der Waals surface area contributed by atoms with Crippen LogP contribution in [-0.4, -0.2) is 9.97 Å². The van der Waals surface area contributed by atoms with E-state index in [2.05, 4.69) is 36.2 Å². The second-order valence-electron chi connectivity index (χ2n) is 5.01. The minimum absolute atomic E-state index is 0.813. The van der Waals surface area contributed by atoms with Crippen molar-refractivity contribution in [2.45, 2.75) is 26.2 Å². The number of rotatable bonds is 4. The third-order valence-corrected chi connectivity index (χ3v) is 3.84. The van der Waals surface area contributed by atoms with Crippen LogP contribution in [0, 0.1) is 0 Å². The van der Waals surface area contributed by atoms with Gasteiger partial charge in [-0.3, -0.25) is 0 Å². The number of para-hydroxylation sites is 1. The molecule has 1 aromatic heterocycles. The Hall–Kier alpha value is -1.80. The molecule has 0 bridgehead atoms. The van der Waals surface area contributed by atoms with Crippen molar-refractivity contribution in [1.82, 2.24) is 9.97 Å². The lowest BCUT2D eigenvalue weighted by Gasteiger charge is -2.04. The summed E-state index contributed by atoms with van der Waals surface area (Å²) in [6.45, 7) is 2.16. The Balaban J connectivity index is 2.01. The van der Waals surface area contributed by atoms with E-state index in [1.54, 1.807) is 0 Å². The van der Waals surface area contributed by atoms with Crippen LogP contribution < -0.4 is 0 Å². The van der Waals surface area contributed by atoms with Gasteiger partial charge < -0.3 is 4.98 Å². The van der Waals surface area contributed by atoms with Crippen molar-refractivity contribution < 1.29 is 0 Å². The molecule has 0 aliphatic rings. The van der Waals surface area contributed by atoms with E-state index in [1.807, 2.05) is 18.2 Å². The molecule has 0 spiro atoms. The monoisotopic (exact) mass is 284 g/mol. The number of halogens is 1. The topological polar surface area (TPSA) is 28.7 Å². The molecule has 0 atom stereocenters. The van der Waals surface area contributed by atoms with E-state index >= 15 is 0 Å². The molecule has 0 aliphatic carbocycles. The van der Waals surface area contributed by atoms with E-state index in [9.17, 15) is 0 Å². The molecule has 1 heterocycles. The molecule has 0 aliphatic heterocycles. The first kappa shape index (κ1) is 13.2. The standard InChI is InChI=1S/C17H17ClN2/c1-2-6-16-19-15-10-5-8-13(17(15)20-16)11-12-7-3-4-9-14(12)18/h3-5,7-10H,2,6,11H2,1H3,(H,19,20). The average molecular weight is 285 g/mol. The Morgan fingerprint density at radius 2 is 1.85 bits per heavy atom. The predicted molar refractivity (Wildman–Crippen MR) is 84.3 cm³/mol. The molecular formula is C17H17ClN2. The normalized spacial score (nSPS) is 11.1. The van der Waals surface area contributed by atoms with E-state index in [0.717, 1.165) is 46.7 Å². The zero-order valence-corrected chi connectivity index (χ0v) is 12.2. The highest BCUT2D eigenvalue weighted by molar-refractivity contribution is 6.31. The zero-order valence-electron chi connectivity index (χ0n) is 11.5. The lowest BCUT2D eigenvalue weighted by atomic mass is 10.0. The number of imidazole rings is 1. The van der Waals surface area contributed by atoms with Gasteiger partial charge in [-0.05, 0) is 29.7 Å². The summed E-state index contributed by atoms with van der Waals surface area (Å²) in [6.07, 6.45) is 2.90. The minimum Gasteiger partial charge on any atom is -0.342 e. The highest BCUT2D eigenvalue weighted by Crippen LogP contribution is 2.23. The van der Waals surface area contributed by atoms with Crippen LogP contribution in [0.15, 0.2) is 42.5 Å². The third-order valence-electron chi connectivity index (χ3n) is 3.47. The molecule has 3 aromatic rings. The summed E-state index contributed by atoms with van der Waals surface area (Å²) >= 11 is 6.25. The number of H-pyrrole nitrogens is 1. The SMILES string of the molecule is CCCc1nc2c(Cc3ccccc3Cl)cccc2[nH]1. The lowest BCUT2D eigenvalue weighted by Crippen LogP contribution is -1.91. The van der Waals surface area contributed by atoms with Crippen molar-refractivity contribution in [3.63, 3.8) is 0 Å². The van der Waals surface area contributed by atoms with Crippen LogP contribution in [0.1, 0.15) is 30.3 Å². The quantitative estimate of drug-likeness (QED) is 0.735. The molecule has 0 amide bonds. The second kappa shape index (κ2) is 5.68. The van der Waals surface area contributed by atoms with Crippen molar-refractivity contribution in [2.24, 2.45) is 0 Å². The average Bonchev–Trinajstić information content (AvgIpc) is 2.85. The van der Waals surface area contributed by atoms with E-state index in [1.165, 1.54) is 5.56 Å². The summed E-state index contributed by atoms with van der Waals surface area (Å²) in [5.74, 6) is 1.06. The van der Waals surface area contributed by atoms with Gasteiger partial charge in [-0.25, -0.2) is 4.98 Å². The highest BCUT2D eigenvalue weighted by Gasteiger charge is 2.09. The number of fused-ring (bicyclic) bond motifs is 1. The van der Waals surface area contributed by atoms with Crippen LogP contribution >= 0.6 is 11.6 Å². The third kappa shape index (κ3) is 2.56. The number of nitrogens with zero attached hydrogens (tertiary/aromatic N) is 1. The Morgan fingerprint density at radius 3 is 2.65 bits per heavy atom. The Bertz CT molecular complexity index is 731. The summed E-state index contributed by atoms with van der Waals surface area (Å²) in [5.41, 5.74) is 4.53. The molecule has 0 fully saturated rings. The van der Waals surface area contributed by atoms with Gasteiger partial charge >= 0.3 is 0 Å². The van der Waals surface area contributed by atoms with Gasteiger partial charge in [0, 0.05) is 17.9 Å². The summed E-state index contributed by atoms with van der Waals surface area (Å²) in [4.78, 5) is 8.12. The summed E-state index contributed by atoms with van der Waals surface area (Å²) < 4.78 is 0. The molecule has 20 heavy (non-hydrogen) atoms. The first-order valence-corrected chi connectivity index (χ1v) is 7.35. The van der Waals surface area contributed by atoms with Crippen LogP contribution in [0.2, 0.25) is 5.02 Å². The van der Waals surface area contributed by atoms with Crippen molar-refractivity contribution in [2.75, 3.05) is 0 Å². The number of aryl methyl sites for hydroxylation is 1. The van der Waals surface area contributed by atoms with Gasteiger partial charge in [0.2, 0.25) is 0 Å². The number of benzene rings is 2. The van der Waals surface area contributed by atoms with Gasteiger partial charge in [-0.1, -0.05) is 48.9 Å². The number of aromatic nitrogens is 2. The van der Waals surface area contributed by atoms with E-state index in [4.69, 9.17) is 16.6 Å². The first-order valence-electron chi connectivity index (χ1n) is 6.98. The fraction of sp³-hybridized carbons (Fsp3) is 0.235. The summed E-state index contributed by atoms with van der Waals surface area (Å²) in [5, 5.41) is 0.814. The lowest BCUT2D eigenvalue weighted by molar-refractivity contribution is 0.861. The molecule has 102 valence electrons. The molecule has 2 nitrogen and oxygen atoms in total. The molecule has 0 radical (unpaired) electrons. The molecule has 0 saturated heterocycles. The van der Waals surface area contributed by atoms with Gasteiger partial charge in [0.15, 0.2) is 0 Å². The second-order valence-corrected chi connectivity index (χ2v) is 5.42. The van der Waals surface area contributed by atoms with Crippen molar-refractivity contribution in [3.8, 4) is 0 Å². The van der Waals surface area contributed by atoms with Gasteiger partial charge in [-0.2, -0.15) is 0 Å². The summed E-state index contributed by atoms with van der Waals surface area (Å²) in [7, 11) is 0. The molecule has 2 aromatic carbocycles. The molecule has 0 unspecified atom stereocenters. The predicted octanol–water partition coefficient (Wildman–Crippen LogP) is 4.76. The molecular weight excluding hydrogens is 268 g/mol.